The first-order valence-corrected chi connectivity index (χ1v) is 12.5. The van der Waals surface area contributed by atoms with Gasteiger partial charge in [0.25, 0.3) is 5.91 Å². The lowest BCUT2D eigenvalue weighted by Crippen LogP contribution is -2.67. The van der Waals surface area contributed by atoms with Crippen LogP contribution >= 0.6 is 0 Å². The van der Waals surface area contributed by atoms with Gasteiger partial charge in [-0.3, -0.25) is 9.69 Å². The van der Waals surface area contributed by atoms with E-state index in [9.17, 15) is 25.4 Å². The summed E-state index contributed by atoms with van der Waals surface area (Å²) in [5.41, 5.74) is 0.343. The second kappa shape index (κ2) is 10.3. The van der Waals surface area contributed by atoms with Crippen molar-refractivity contribution in [2.45, 2.75) is 50.7 Å². The number of likely N-dealkylation sites (tertiary alicyclic amines) is 2. The van der Waals surface area contributed by atoms with Crippen molar-refractivity contribution < 1.29 is 29.6 Å². The highest BCUT2D eigenvalue weighted by molar-refractivity contribution is 5.81. The van der Waals surface area contributed by atoms with Gasteiger partial charge in [0, 0.05) is 43.7 Å². The van der Waals surface area contributed by atoms with Crippen LogP contribution < -0.4 is 14.8 Å². The molecule has 3 heterocycles. The molecule has 1 aromatic carbocycles. The van der Waals surface area contributed by atoms with Crippen LogP contribution in [0, 0.1) is 16.7 Å². The Kier molecular flexibility index (Phi) is 7.53. The van der Waals surface area contributed by atoms with Crippen LogP contribution in [-0.2, 0) is 4.79 Å². The number of carbonyl (C=O) groups is 1. The van der Waals surface area contributed by atoms with E-state index in [4.69, 9.17) is 9.47 Å². The number of rotatable bonds is 8. The third-order valence-electron chi connectivity index (χ3n) is 7.96. The number of nitrogens with zero attached hydrogens (tertiary/aromatic N) is 3. The largest absolute Gasteiger partial charge is 0.493 e. The average molecular weight is 513 g/mol. The van der Waals surface area contributed by atoms with Gasteiger partial charge in [0.05, 0.1) is 19.8 Å². The Morgan fingerprint density at radius 2 is 2.03 bits per heavy atom. The van der Waals surface area contributed by atoms with Gasteiger partial charge in [0.15, 0.2) is 23.3 Å². The molecule has 10 nitrogen and oxygen atoms in total. The number of amides is 1. The molecule has 4 N–H and O–H groups in total. The lowest BCUT2D eigenvalue weighted by Gasteiger charge is -2.47. The first kappa shape index (κ1) is 26.9. The summed E-state index contributed by atoms with van der Waals surface area (Å²) >= 11 is 0. The van der Waals surface area contributed by atoms with E-state index in [0.29, 0.717) is 24.6 Å². The molecule has 0 aliphatic carbocycles. The number of aliphatic hydroxyl groups is 3. The summed E-state index contributed by atoms with van der Waals surface area (Å²) in [7, 11) is 1.57. The summed E-state index contributed by atoms with van der Waals surface area (Å²) in [6, 6.07) is 7.95. The second-order valence-corrected chi connectivity index (χ2v) is 10.5. The van der Waals surface area contributed by atoms with E-state index < -0.39 is 35.8 Å². The van der Waals surface area contributed by atoms with E-state index in [2.05, 4.69) is 11.4 Å². The Labute approximate surface area is 217 Å². The normalized spacial score (nSPS) is 29.5. The van der Waals surface area contributed by atoms with E-state index in [1.54, 1.807) is 14.0 Å². The molecule has 10 heteroatoms. The van der Waals surface area contributed by atoms with Crippen molar-refractivity contribution in [1.82, 2.24) is 15.1 Å². The molecule has 37 heavy (non-hydrogen) atoms. The van der Waals surface area contributed by atoms with Gasteiger partial charge in [-0.05, 0) is 43.2 Å². The lowest BCUT2D eigenvalue weighted by molar-refractivity contribution is -0.141. The van der Waals surface area contributed by atoms with E-state index in [0.717, 1.165) is 11.1 Å². The third-order valence-corrected chi connectivity index (χ3v) is 7.96. The molecule has 0 aromatic heterocycles. The highest BCUT2D eigenvalue weighted by Gasteiger charge is 2.49. The van der Waals surface area contributed by atoms with Crippen LogP contribution in [0.2, 0.25) is 0 Å². The van der Waals surface area contributed by atoms with Gasteiger partial charge in [-0.2, -0.15) is 5.26 Å². The molecule has 0 radical (unpaired) electrons. The molecule has 1 amide bonds. The van der Waals surface area contributed by atoms with Crippen LogP contribution in [-0.4, -0.2) is 94.9 Å². The van der Waals surface area contributed by atoms with Crippen molar-refractivity contribution in [3.05, 3.63) is 47.7 Å². The predicted molar refractivity (Wildman–Crippen MR) is 136 cm³/mol. The summed E-state index contributed by atoms with van der Waals surface area (Å²) in [5.74, 6) is 0.318. The van der Waals surface area contributed by atoms with Crippen molar-refractivity contribution in [2.24, 2.45) is 5.41 Å². The molecular weight excluding hydrogens is 476 g/mol. The van der Waals surface area contributed by atoms with Gasteiger partial charge in [-0.25, -0.2) is 0 Å². The number of aliphatic hydroxyl groups excluding tert-OH is 3. The average Bonchev–Trinajstić information content (AvgIpc) is 3.24. The van der Waals surface area contributed by atoms with Crippen LogP contribution in [0.3, 0.4) is 0 Å². The van der Waals surface area contributed by atoms with Gasteiger partial charge in [-0.15, -0.1) is 0 Å². The Morgan fingerprint density at radius 3 is 2.59 bits per heavy atom. The highest BCUT2D eigenvalue weighted by atomic mass is 16.5. The maximum absolute atomic E-state index is 12.6. The van der Waals surface area contributed by atoms with Crippen molar-refractivity contribution in [2.75, 3.05) is 39.9 Å². The molecule has 3 aliphatic rings. The van der Waals surface area contributed by atoms with Crippen LogP contribution in [0.4, 0.5) is 0 Å². The van der Waals surface area contributed by atoms with Crippen LogP contribution in [0.25, 0.3) is 0 Å². The van der Waals surface area contributed by atoms with E-state index >= 15 is 0 Å². The highest BCUT2D eigenvalue weighted by Crippen LogP contribution is 2.47. The van der Waals surface area contributed by atoms with Crippen LogP contribution in [0.15, 0.2) is 42.1 Å². The minimum Gasteiger partial charge on any atom is -0.493 e. The van der Waals surface area contributed by atoms with Crippen molar-refractivity contribution in [3.63, 3.8) is 0 Å². The number of benzene rings is 1. The molecule has 1 aromatic rings. The number of dihydropyridines is 1. The number of hydrogen-bond acceptors (Lipinski definition) is 9. The Morgan fingerprint density at radius 1 is 1.30 bits per heavy atom. The molecule has 200 valence electrons. The molecule has 2 saturated heterocycles. The minimum atomic E-state index is -1.49. The molecule has 4 rings (SSSR count). The van der Waals surface area contributed by atoms with Crippen molar-refractivity contribution in [3.8, 4) is 17.6 Å². The molecule has 0 spiro atoms. The molecule has 5 atom stereocenters. The molecule has 3 aliphatic heterocycles. The number of hydrogen-bond donors (Lipinski definition) is 4. The quantitative estimate of drug-likeness (QED) is 0.397. The van der Waals surface area contributed by atoms with Gasteiger partial charge in [0.1, 0.15) is 12.2 Å². The number of allylic oxidation sites excluding steroid dienone is 2. The smallest absolute Gasteiger partial charge is 0.253 e. The molecule has 1 unspecified atom stereocenters. The van der Waals surface area contributed by atoms with Crippen LogP contribution in [0.1, 0.15) is 32.3 Å². The van der Waals surface area contributed by atoms with Gasteiger partial charge < -0.3 is 35.0 Å². The Balaban J connectivity index is 1.52. The molecule has 0 bridgehead atoms. The summed E-state index contributed by atoms with van der Waals surface area (Å²) in [4.78, 5) is 16.1. The Hall–Kier alpha value is -3.10. The fourth-order valence-electron chi connectivity index (χ4n) is 5.27. The summed E-state index contributed by atoms with van der Waals surface area (Å²) in [6.45, 7) is 6.54. The van der Waals surface area contributed by atoms with Gasteiger partial charge in [0.2, 0.25) is 0 Å². The summed E-state index contributed by atoms with van der Waals surface area (Å²) in [6.07, 6.45) is 3.24. The van der Waals surface area contributed by atoms with E-state index in [-0.39, 0.29) is 25.1 Å². The van der Waals surface area contributed by atoms with Crippen molar-refractivity contribution >= 4 is 5.91 Å². The van der Waals surface area contributed by atoms with E-state index in [1.165, 1.54) is 4.90 Å². The predicted octanol–water partition coefficient (Wildman–Crippen LogP) is 0.707. The number of methoxy groups -OCH3 is 1. The standard InChI is InChI=1S/C27H36N4O6/c1-17-7-8-27(15-28,29-10-17)31-11-20(12-31)37-24-9-19(5-6-23(24)36-4)21-13-30(25(35)22(34)14-32)16-26(21,3)18(2)33/h5-10,18,20-22,29,32-34H,11-14,16H2,1-4H3/t18-,21+,22+,26+,27?/m1/s1. The molecule has 2 fully saturated rings. The fraction of sp³-hybridized carbons (Fsp3) is 0.556. The lowest BCUT2D eigenvalue weighted by atomic mass is 9.72. The zero-order chi connectivity index (χ0) is 27.0. The van der Waals surface area contributed by atoms with Gasteiger partial charge in [-0.1, -0.05) is 19.1 Å². The zero-order valence-electron chi connectivity index (χ0n) is 21.7. The summed E-state index contributed by atoms with van der Waals surface area (Å²) < 4.78 is 11.8. The second-order valence-electron chi connectivity index (χ2n) is 10.5. The third kappa shape index (κ3) is 4.92. The van der Waals surface area contributed by atoms with E-state index in [1.807, 2.05) is 55.3 Å². The zero-order valence-corrected chi connectivity index (χ0v) is 21.7. The maximum atomic E-state index is 12.6. The number of ether oxygens (including phenoxy) is 2. The molecule has 0 saturated carbocycles. The molecular formula is C27H36N4O6. The minimum absolute atomic E-state index is 0.152. The first-order valence-electron chi connectivity index (χ1n) is 12.5. The monoisotopic (exact) mass is 512 g/mol. The van der Waals surface area contributed by atoms with Crippen LogP contribution in [0.5, 0.6) is 11.5 Å². The topological polar surface area (TPSA) is 139 Å². The first-order chi connectivity index (χ1) is 17.6. The summed E-state index contributed by atoms with van der Waals surface area (Å²) in [5, 5.41) is 42.8. The van der Waals surface area contributed by atoms with Gasteiger partial charge >= 0.3 is 0 Å². The maximum Gasteiger partial charge on any atom is 0.253 e. The SMILES string of the molecule is COc1ccc([C@@H]2CN(C(=O)[C@@H](O)CO)C[C@@]2(C)[C@@H](C)O)cc1OC1CN(C2(C#N)C=CC(C)=CN2)C1. The Bertz CT molecular complexity index is 1120. The fourth-order valence-corrected chi connectivity index (χ4v) is 5.27. The number of nitrogens with one attached hydrogen (secondary N) is 1. The number of carbonyl (C=O) groups excluding carboxylic acids is 1. The number of nitriles is 1. The van der Waals surface area contributed by atoms with Crippen molar-refractivity contribution in [1.29, 1.82) is 5.26 Å².